The van der Waals surface area contributed by atoms with Gasteiger partial charge in [0.05, 0.1) is 6.04 Å². The molecule has 0 spiro atoms. The third kappa shape index (κ3) is 3.56. The van der Waals surface area contributed by atoms with Gasteiger partial charge in [-0.2, -0.15) is 0 Å². The fourth-order valence-corrected chi connectivity index (χ4v) is 2.73. The zero-order valence-corrected chi connectivity index (χ0v) is 11.6. The lowest BCUT2D eigenvalue weighted by Crippen LogP contribution is -2.30. The van der Waals surface area contributed by atoms with Crippen molar-refractivity contribution in [2.24, 2.45) is 5.84 Å². The van der Waals surface area contributed by atoms with Crippen LogP contribution in [0.3, 0.4) is 0 Å². The highest BCUT2D eigenvalue weighted by Crippen LogP contribution is 2.27. The highest BCUT2D eigenvalue weighted by atomic mass is 32.2. The maximum absolute atomic E-state index is 12.9. The number of halogens is 1. The normalized spacial score (nSPS) is 12.4. The fraction of sp³-hybridized carbons (Fsp3) is 0.200. The topological polar surface area (TPSA) is 38.0 Å². The predicted molar refractivity (Wildman–Crippen MR) is 78.4 cm³/mol. The van der Waals surface area contributed by atoms with Gasteiger partial charge in [-0.25, -0.2) is 4.39 Å². The minimum Gasteiger partial charge on any atom is -0.271 e. The van der Waals surface area contributed by atoms with Gasteiger partial charge < -0.3 is 0 Å². The van der Waals surface area contributed by atoms with Crippen molar-refractivity contribution in [2.75, 3.05) is 6.26 Å². The number of hydrazine groups is 1. The van der Waals surface area contributed by atoms with Crippen LogP contribution in [0.2, 0.25) is 0 Å². The quantitative estimate of drug-likeness (QED) is 0.500. The van der Waals surface area contributed by atoms with Crippen LogP contribution >= 0.6 is 11.8 Å². The molecule has 2 nitrogen and oxygen atoms in total. The molecule has 0 aliphatic rings. The molecule has 19 heavy (non-hydrogen) atoms. The average molecular weight is 276 g/mol. The smallest absolute Gasteiger partial charge is 0.123 e. The molecule has 0 aliphatic carbocycles. The summed E-state index contributed by atoms with van der Waals surface area (Å²) in [5.74, 6) is 5.46. The molecule has 100 valence electrons. The van der Waals surface area contributed by atoms with E-state index in [2.05, 4.69) is 17.6 Å². The molecule has 2 rings (SSSR count). The molecule has 0 aromatic heterocycles. The zero-order chi connectivity index (χ0) is 13.7. The van der Waals surface area contributed by atoms with E-state index in [0.717, 1.165) is 12.0 Å². The van der Waals surface area contributed by atoms with Gasteiger partial charge in [0, 0.05) is 4.90 Å². The minimum atomic E-state index is -0.217. The molecule has 2 aromatic rings. The Labute approximate surface area is 117 Å². The second-order valence-corrected chi connectivity index (χ2v) is 5.14. The van der Waals surface area contributed by atoms with E-state index in [1.807, 2.05) is 18.4 Å². The summed E-state index contributed by atoms with van der Waals surface area (Å²) in [6, 6.07) is 14.7. The molecule has 1 unspecified atom stereocenters. The van der Waals surface area contributed by atoms with Gasteiger partial charge in [0.15, 0.2) is 0 Å². The molecule has 2 aromatic carbocycles. The SMILES string of the molecule is CSc1ccccc1C(Cc1ccc(F)cc1)NN. The first-order chi connectivity index (χ1) is 9.24. The lowest BCUT2D eigenvalue weighted by molar-refractivity contribution is 0.543. The van der Waals surface area contributed by atoms with Crippen LogP contribution in [-0.4, -0.2) is 6.26 Å². The number of rotatable bonds is 5. The first-order valence-corrected chi connectivity index (χ1v) is 7.30. The summed E-state index contributed by atoms with van der Waals surface area (Å²) in [6.45, 7) is 0. The highest BCUT2D eigenvalue weighted by Gasteiger charge is 2.14. The number of nitrogens with two attached hydrogens (primary N) is 1. The van der Waals surface area contributed by atoms with Crippen LogP contribution in [0.15, 0.2) is 53.4 Å². The Hall–Kier alpha value is -1.36. The van der Waals surface area contributed by atoms with Crippen molar-refractivity contribution in [2.45, 2.75) is 17.4 Å². The van der Waals surface area contributed by atoms with Gasteiger partial charge in [0.25, 0.3) is 0 Å². The Morgan fingerprint density at radius 1 is 1.16 bits per heavy atom. The molecule has 0 aliphatic heterocycles. The second-order valence-electron chi connectivity index (χ2n) is 4.29. The third-order valence-corrected chi connectivity index (χ3v) is 3.88. The van der Waals surface area contributed by atoms with Gasteiger partial charge in [-0.05, 0) is 42.0 Å². The molecule has 0 heterocycles. The first kappa shape index (κ1) is 14.1. The first-order valence-electron chi connectivity index (χ1n) is 6.08. The number of thioether (sulfide) groups is 1. The summed E-state index contributed by atoms with van der Waals surface area (Å²) in [4.78, 5) is 1.20. The Balaban J connectivity index is 2.22. The fourth-order valence-electron chi connectivity index (χ4n) is 2.07. The molecule has 3 N–H and O–H groups in total. The summed E-state index contributed by atoms with van der Waals surface area (Å²) in [5, 5.41) is 0. The van der Waals surface area contributed by atoms with Gasteiger partial charge in [-0.1, -0.05) is 30.3 Å². The summed E-state index contributed by atoms with van der Waals surface area (Å²) in [7, 11) is 0. The van der Waals surface area contributed by atoms with Crippen LogP contribution in [-0.2, 0) is 6.42 Å². The predicted octanol–water partition coefficient (Wildman–Crippen LogP) is 3.29. The largest absolute Gasteiger partial charge is 0.271 e. The standard InChI is InChI=1S/C15H17FN2S/c1-19-15-5-3-2-4-13(15)14(18-17)10-11-6-8-12(16)9-7-11/h2-9,14,18H,10,17H2,1H3. The van der Waals surface area contributed by atoms with Gasteiger partial charge in [-0.3, -0.25) is 11.3 Å². The Morgan fingerprint density at radius 3 is 2.47 bits per heavy atom. The Morgan fingerprint density at radius 2 is 1.84 bits per heavy atom. The molecular formula is C15H17FN2S. The van der Waals surface area contributed by atoms with Crippen molar-refractivity contribution < 1.29 is 4.39 Å². The van der Waals surface area contributed by atoms with E-state index in [1.165, 1.54) is 22.6 Å². The van der Waals surface area contributed by atoms with Crippen LogP contribution < -0.4 is 11.3 Å². The molecule has 0 bridgehead atoms. The summed E-state index contributed by atoms with van der Waals surface area (Å²) in [6.07, 6.45) is 2.78. The molecule has 0 radical (unpaired) electrons. The van der Waals surface area contributed by atoms with E-state index < -0.39 is 0 Å². The van der Waals surface area contributed by atoms with Crippen molar-refractivity contribution in [3.8, 4) is 0 Å². The maximum atomic E-state index is 12.9. The number of benzene rings is 2. The van der Waals surface area contributed by atoms with Crippen LogP contribution in [0, 0.1) is 5.82 Å². The second kappa shape index (κ2) is 6.70. The molecule has 0 saturated carbocycles. The molecule has 1 atom stereocenters. The van der Waals surface area contributed by atoms with Crippen LogP contribution in [0.25, 0.3) is 0 Å². The third-order valence-electron chi connectivity index (χ3n) is 3.07. The summed E-state index contributed by atoms with van der Waals surface area (Å²) in [5.41, 5.74) is 5.07. The van der Waals surface area contributed by atoms with E-state index >= 15 is 0 Å². The van der Waals surface area contributed by atoms with Crippen LogP contribution in [0.4, 0.5) is 4.39 Å². The van der Waals surface area contributed by atoms with E-state index in [0.29, 0.717) is 0 Å². The molecule has 0 saturated heterocycles. The van der Waals surface area contributed by atoms with E-state index in [9.17, 15) is 4.39 Å². The van der Waals surface area contributed by atoms with Gasteiger partial charge in [-0.15, -0.1) is 11.8 Å². The molecule has 0 fully saturated rings. The van der Waals surface area contributed by atoms with Crippen molar-refractivity contribution in [3.63, 3.8) is 0 Å². The summed E-state index contributed by atoms with van der Waals surface area (Å²) >= 11 is 1.70. The number of hydrogen-bond donors (Lipinski definition) is 2. The maximum Gasteiger partial charge on any atom is 0.123 e. The van der Waals surface area contributed by atoms with Crippen molar-refractivity contribution in [3.05, 3.63) is 65.5 Å². The Bertz CT molecular complexity index is 528. The van der Waals surface area contributed by atoms with Crippen molar-refractivity contribution >= 4 is 11.8 Å². The zero-order valence-electron chi connectivity index (χ0n) is 10.8. The van der Waals surface area contributed by atoms with E-state index in [-0.39, 0.29) is 11.9 Å². The highest BCUT2D eigenvalue weighted by molar-refractivity contribution is 7.98. The average Bonchev–Trinajstić information content (AvgIpc) is 2.46. The molecule has 4 heteroatoms. The number of hydrogen-bond acceptors (Lipinski definition) is 3. The van der Waals surface area contributed by atoms with Crippen LogP contribution in [0.5, 0.6) is 0 Å². The van der Waals surface area contributed by atoms with Gasteiger partial charge in [0.1, 0.15) is 5.82 Å². The van der Waals surface area contributed by atoms with Gasteiger partial charge >= 0.3 is 0 Å². The lowest BCUT2D eigenvalue weighted by atomic mass is 9.99. The van der Waals surface area contributed by atoms with Crippen molar-refractivity contribution in [1.82, 2.24) is 5.43 Å². The summed E-state index contributed by atoms with van der Waals surface area (Å²) < 4.78 is 12.9. The molecular weight excluding hydrogens is 259 g/mol. The Kier molecular flexibility index (Phi) is 4.96. The van der Waals surface area contributed by atoms with Crippen LogP contribution in [0.1, 0.15) is 17.2 Å². The number of nitrogens with one attached hydrogen (secondary N) is 1. The van der Waals surface area contributed by atoms with E-state index in [1.54, 1.807) is 23.9 Å². The monoisotopic (exact) mass is 276 g/mol. The molecule has 0 amide bonds. The lowest BCUT2D eigenvalue weighted by Gasteiger charge is -2.19. The van der Waals surface area contributed by atoms with Gasteiger partial charge in [0.2, 0.25) is 0 Å². The van der Waals surface area contributed by atoms with Crippen molar-refractivity contribution in [1.29, 1.82) is 0 Å². The minimum absolute atomic E-state index is 0.0223. The van der Waals surface area contributed by atoms with E-state index in [4.69, 9.17) is 5.84 Å².